The first kappa shape index (κ1) is 16.1. The van der Waals surface area contributed by atoms with Crippen LogP contribution in [0.4, 0.5) is 0 Å². The van der Waals surface area contributed by atoms with Crippen LogP contribution in [-0.2, 0) is 0 Å². The molecule has 5 heteroatoms. The Hall–Kier alpha value is -2.40. The van der Waals surface area contributed by atoms with Gasteiger partial charge in [0, 0.05) is 29.9 Å². The lowest BCUT2D eigenvalue weighted by Gasteiger charge is -2.44. The van der Waals surface area contributed by atoms with Crippen LogP contribution in [0, 0.1) is 5.92 Å². The number of carbonyl (C=O) groups is 1. The third-order valence-electron chi connectivity index (χ3n) is 5.40. The lowest BCUT2D eigenvalue weighted by atomic mass is 9.84. The van der Waals surface area contributed by atoms with Crippen molar-refractivity contribution in [2.45, 2.75) is 18.9 Å². The van der Waals surface area contributed by atoms with Gasteiger partial charge in [0.05, 0.1) is 13.3 Å². The summed E-state index contributed by atoms with van der Waals surface area (Å²) in [7, 11) is 1.63. The van der Waals surface area contributed by atoms with Crippen molar-refractivity contribution in [1.29, 1.82) is 0 Å². The highest BCUT2D eigenvalue weighted by Gasteiger charge is 2.34. The quantitative estimate of drug-likeness (QED) is 0.932. The van der Waals surface area contributed by atoms with Gasteiger partial charge in [-0.25, -0.2) is 0 Å². The van der Waals surface area contributed by atoms with Gasteiger partial charge in [-0.1, -0.05) is 12.1 Å². The van der Waals surface area contributed by atoms with Crippen molar-refractivity contribution in [3.05, 3.63) is 48.3 Å². The summed E-state index contributed by atoms with van der Waals surface area (Å²) in [5.74, 6) is 1.38. The van der Waals surface area contributed by atoms with Gasteiger partial charge in [0.2, 0.25) is 0 Å². The summed E-state index contributed by atoms with van der Waals surface area (Å²) in [5, 5.41) is 3.23. The van der Waals surface area contributed by atoms with Gasteiger partial charge in [-0.15, -0.1) is 0 Å². The molecule has 1 amide bonds. The van der Waals surface area contributed by atoms with Crippen molar-refractivity contribution in [1.82, 2.24) is 15.2 Å². The van der Waals surface area contributed by atoms with Crippen molar-refractivity contribution in [2.75, 3.05) is 26.7 Å². The van der Waals surface area contributed by atoms with Crippen LogP contribution in [0.25, 0.3) is 11.1 Å². The lowest BCUT2D eigenvalue weighted by Crippen LogP contribution is -2.57. The fourth-order valence-electron chi connectivity index (χ4n) is 3.88. The number of piperidine rings is 3. The van der Waals surface area contributed by atoms with E-state index in [0.717, 1.165) is 23.4 Å². The van der Waals surface area contributed by atoms with Gasteiger partial charge < -0.3 is 15.0 Å². The molecule has 0 unspecified atom stereocenters. The molecule has 3 aliphatic rings. The molecule has 4 heterocycles. The maximum atomic E-state index is 12.6. The molecule has 1 atom stereocenters. The fraction of sp³-hybridized carbons (Fsp3) is 0.400. The maximum absolute atomic E-state index is 12.6. The van der Waals surface area contributed by atoms with E-state index in [1.807, 2.05) is 30.3 Å². The SMILES string of the molecule is COc1cncc(-c2ccc(C(=O)N[C@@H]3CN4CCC3CC4)cc2)c1. The maximum Gasteiger partial charge on any atom is 0.251 e. The number of aromatic nitrogens is 1. The standard InChI is InChI=1S/C20H23N3O2/c1-25-18-10-17(11-21-12-18)14-2-4-16(5-3-14)20(24)22-19-13-23-8-6-15(19)7-9-23/h2-5,10-12,15,19H,6-9,13H2,1H3,(H,22,24)/t19-/m1/s1. The molecule has 3 saturated heterocycles. The second kappa shape index (κ2) is 6.84. The highest BCUT2D eigenvalue weighted by Crippen LogP contribution is 2.28. The molecule has 3 aliphatic heterocycles. The van der Waals surface area contributed by atoms with Crippen molar-refractivity contribution in [3.8, 4) is 16.9 Å². The van der Waals surface area contributed by atoms with Gasteiger partial charge in [-0.2, -0.15) is 0 Å². The van der Waals surface area contributed by atoms with E-state index >= 15 is 0 Å². The summed E-state index contributed by atoms with van der Waals surface area (Å²) in [6.07, 6.45) is 5.88. The second-order valence-electron chi connectivity index (χ2n) is 6.91. The van der Waals surface area contributed by atoms with Crippen molar-refractivity contribution < 1.29 is 9.53 Å². The minimum absolute atomic E-state index is 0.0223. The number of pyridine rings is 1. The summed E-state index contributed by atoms with van der Waals surface area (Å²) in [4.78, 5) is 19.2. The average Bonchev–Trinajstić information content (AvgIpc) is 2.69. The number of nitrogens with zero attached hydrogens (tertiary/aromatic N) is 2. The number of benzene rings is 1. The van der Waals surface area contributed by atoms with Crippen molar-refractivity contribution in [2.24, 2.45) is 5.92 Å². The summed E-state index contributed by atoms with van der Waals surface area (Å²) < 4.78 is 5.22. The molecular formula is C20H23N3O2. The number of amides is 1. The van der Waals surface area contributed by atoms with Crippen LogP contribution in [0.15, 0.2) is 42.7 Å². The van der Waals surface area contributed by atoms with E-state index in [9.17, 15) is 4.79 Å². The Kier molecular flexibility index (Phi) is 4.40. The summed E-state index contributed by atoms with van der Waals surface area (Å²) >= 11 is 0. The number of rotatable bonds is 4. The Morgan fingerprint density at radius 1 is 1.16 bits per heavy atom. The number of hydrogen-bond donors (Lipinski definition) is 1. The van der Waals surface area contributed by atoms with E-state index in [-0.39, 0.29) is 11.9 Å². The Labute approximate surface area is 148 Å². The van der Waals surface area contributed by atoms with Gasteiger partial charge in [0.1, 0.15) is 5.75 Å². The van der Waals surface area contributed by atoms with Gasteiger partial charge in [-0.3, -0.25) is 9.78 Å². The molecule has 1 aromatic carbocycles. The van der Waals surface area contributed by atoms with Crippen molar-refractivity contribution in [3.63, 3.8) is 0 Å². The number of methoxy groups -OCH3 is 1. The van der Waals surface area contributed by atoms with Crippen LogP contribution in [0.1, 0.15) is 23.2 Å². The van der Waals surface area contributed by atoms with Crippen molar-refractivity contribution >= 4 is 5.91 Å². The monoisotopic (exact) mass is 337 g/mol. The number of carbonyl (C=O) groups excluding carboxylic acids is 1. The third kappa shape index (κ3) is 3.37. The number of ether oxygens (including phenoxy) is 1. The zero-order valence-electron chi connectivity index (χ0n) is 14.4. The molecule has 2 aromatic rings. The predicted molar refractivity (Wildman–Crippen MR) is 96.6 cm³/mol. The Bertz CT molecular complexity index is 752. The van der Waals surface area contributed by atoms with Crippen LogP contribution in [0.2, 0.25) is 0 Å². The van der Waals surface area contributed by atoms with Crippen LogP contribution in [-0.4, -0.2) is 48.6 Å². The highest BCUT2D eigenvalue weighted by atomic mass is 16.5. The molecule has 5 rings (SSSR count). The Morgan fingerprint density at radius 3 is 2.56 bits per heavy atom. The summed E-state index contributed by atoms with van der Waals surface area (Å²) in [5.41, 5.74) is 2.70. The molecule has 0 saturated carbocycles. The number of fused-ring (bicyclic) bond motifs is 3. The predicted octanol–water partition coefficient (Wildman–Crippen LogP) is 2.58. The topological polar surface area (TPSA) is 54.5 Å². The van der Waals surface area contributed by atoms with E-state index in [2.05, 4.69) is 15.2 Å². The van der Waals surface area contributed by atoms with E-state index in [4.69, 9.17) is 4.74 Å². The molecule has 5 nitrogen and oxygen atoms in total. The van der Waals surface area contributed by atoms with Crippen LogP contribution in [0.5, 0.6) is 5.75 Å². The number of nitrogens with one attached hydrogen (secondary N) is 1. The first-order chi connectivity index (χ1) is 12.2. The molecule has 0 radical (unpaired) electrons. The van der Waals surface area contributed by atoms with Crippen LogP contribution in [0.3, 0.4) is 0 Å². The first-order valence-electron chi connectivity index (χ1n) is 8.85. The van der Waals surface area contributed by atoms with Gasteiger partial charge in [0.15, 0.2) is 0 Å². The van der Waals surface area contributed by atoms with Crippen LogP contribution < -0.4 is 10.1 Å². The molecule has 3 fully saturated rings. The molecule has 130 valence electrons. The average molecular weight is 337 g/mol. The zero-order chi connectivity index (χ0) is 17.2. The third-order valence-corrected chi connectivity index (χ3v) is 5.40. The van der Waals surface area contributed by atoms with E-state index in [1.165, 1.54) is 25.9 Å². The molecule has 2 bridgehead atoms. The van der Waals surface area contributed by atoms with E-state index in [1.54, 1.807) is 19.5 Å². The van der Waals surface area contributed by atoms with E-state index in [0.29, 0.717) is 11.5 Å². The normalized spacial score (nSPS) is 24.8. The van der Waals surface area contributed by atoms with Crippen LogP contribution >= 0.6 is 0 Å². The largest absolute Gasteiger partial charge is 0.495 e. The van der Waals surface area contributed by atoms with Gasteiger partial charge in [0.25, 0.3) is 5.91 Å². The van der Waals surface area contributed by atoms with Gasteiger partial charge in [-0.05, 0) is 55.6 Å². The molecule has 1 N–H and O–H groups in total. The Balaban J connectivity index is 1.45. The smallest absolute Gasteiger partial charge is 0.251 e. The Morgan fingerprint density at radius 2 is 1.92 bits per heavy atom. The lowest BCUT2D eigenvalue weighted by molar-refractivity contribution is 0.0620. The zero-order valence-corrected chi connectivity index (χ0v) is 14.4. The highest BCUT2D eigenvalue weighted by molar-refractivity contribution is 5.95. The summed E-state index contributed by atoms with van der Waals surface area (Å²) in [6, 6.07) is 9.91. The minimum atomic E-state index is 0.0223. The second-order valence-corrected chi connectivity index (χ2v) is 6.91. The molecule has 0 spiro atoms. The minimum Gasteiger partial charge on any atom is -0.495 e. The molecular weight excluding hydrogens is 314 g/mol. The molecule has 0 aliphatic carbocycles. The molecule has 25 heavy (non-hydrogen) atoms. The number of hydrogen-bond acceptors (Lipinski definition) is 4. The van der Waals surface area contributed by atoms with E-state index < -0.39 is 0 Å². The summed E-state index contributed by atoms with van der Waals surface area (Å²) in [6.45, 7) is 3.35. The first-order valence-corrected chi connectivity index (χ1v) is 8.85. The fourth-order valence-corrected chi connectivity index (χ4v) is 3.88. The molecule has 1 aromatic heterocycles. The van der Waals surface area contributed by atoms with Gasteiger partial charge >= 0.3 is 0 Å².